The highest BCUT2D eigenvalue weighted by atomic mass is 127. The van der Waals surface area contributed by atoms with E-state index in [-0.39, 0.29) is 11.9 Å². The van der Waals surface area contributed by atoms with Crippen LogP contribution in [0, 0.1) is 3.57 Å². The minimum absolute atomic E-state index is 0.0461. The SMILES string of the molecule is CC(=O)c1ccc(-c2cncc3[nH]c(-c4n[nH]c5ccc(-c6cc(I)cc(OC7CCCCC7)c6)nc45)nc23)s1. The van der Waals surface area contributed by atoms with Gasteiger partial charge < -0.3 is 9.72 Å². The number of imidazole rings is 1. The Kier molecular flexibility index (Phi) is 6.59. The number of nitrogens with zero attached hydrogens (tertiary/aromatic N) is 4. The average Bonchev–Trinajstić information content (AvgIpc) is 3.71. The van der Waals surface area contributed by atoms with Crippen molar-refractivity contribution in [3.8, 4) is 39.0 Å². The Morgan fingerprint density at radius 3 is 2.70 bits per heavy atom. The smallest absolute Gasteiger partial charge is 0.169 e. The molecule has 0 aliphatic heterocycles. The van der Waals surface area contributed by atoms with Crippen molar-refractivity contribution in [2.24, 2.45) is 0 Å². The number of ether oxygens (including phenoxy) is 1. The molecule has 0 bridgehead atoms. The number of rotatable bonds is 6. The second kappa shape index (κ2) is 10.4. The quantitative estimate of drug-likeness (QED) is 0.139. The van der Waals surface area contributed by atoms with E-state index in [1.807, 2.05) is 24.3 Å². The summed E-state index contributed by atoms with van der Waals surface area (Å²) in [6.45, 7) is 1.58. The molecule has 1 aliphatic carbocycles. The first-order valence-electron chi connectivity index (χ1n) is 13.3. The van der Waals surface area contributed by atoms with E-state index in [4.69, 9.17) is 14.7 Å². The first-order chi connectivity index (χ1) is 19.5. The first kappa shape index (κ1) is 25.3. The van der Waals surface area contributed by atoms with Crippen LogP contribution < -0.4 is 4.74 Å². The number of ketones is 1. The molecule has 6 aromatic rings. The fraction of sp³-hybridized carbons (Fsp3) is 0.233. The minimum Gasteiger partial charge on any atom is -0.490 e. The first-order valence-corrected chi connectivity index (χ1v) is 15.2. The van der Waals surface area contributed by atoms with E-state index in [0.717, 1.165) is 65.9 Å². The highest BCUT2D eigenvalue weighted by Gasteiger charge is 2.19. The molecule has 0 spiro atoms. The third-order valence-corrected chi connectivity index (χ3v) is 9.11. The molecule has 0 saturated heterocycles. The molecule has 0 atom stereocenters. The van der Waals surface area contributed by atoms with Crippen molar-refractivity contribution in [1.82, 2.24) is 30.1 Å². The molecule has 1 aliphatic rings. The zero-order valence-electron chi connectivity index (χ0n) is 21.7. The minimum atomic E-state index is 0.0461. The highest BCUT2D eigenvalue weighted by molar-refractivity contribution is 14.1. The summed E-state index contributed by atoms with van der Waals surface area (Å²) in [5.41, 5.74) is 6.48. The Bertz CT molecular complexity index is 1880. The molecule has 0 radical (unpaired) electrons. The number of hydrogen-bond donors (Lipinski definition) is 2. The Morgan fingerprint density at radius 2 is 1.88 bits per heavy atom. The van der Waals surface area contributed by atoms with E-state index in [9.17, 15) is 4.79 Å². The topological polar surface area (TPSA) is 109 Å². The fourth-order valence-electron chi connectivity index (χ4n) is 5.28. The van der Waals surface area contributed by atoms with Gasteiger partial charge in [-0.05, 0) is 97.7 Å². The maximum absolute atomic E-state index is 11.8. The van der Waals surface area contributed by atoms with Crippen LogP contribution in [0.3, 0.4) is 0 Å². The van der Waals surface area contributed by atoms with Crippen LogP contribution in [0.1, 0.15) is 48.7 Å². The van der Waals surface area contributed by atoms with Gasteiger partial charge in [-0.25, -0.2) is 9.97 Å². The second-order valence-electron chi connectivity index (χ2n) is 10.1. The number of carbonyl (C=O) groups excluding carboxylic acids is 1. The van der Waals surface area contributed by atoms with Gasteiger partial charge in [-0.15, -0.1) is 11.3 Å². The zero-order valence-corrected chi connectivity index (χ0v) is 24.7. The van der Waals surface area contributed by atoms with Crippen LogP contribution in [-0.2, 0) is 0 Å². The van der Waals surface area contributed by atoms with Crippen molar-refractivity contribution in [3.63, 3.8) is 0 Å². The molecule has 200 valence electrons. The number of aromatic amines is 2. The van der Waals surface area contributed by atoms with Crippen LogP contribution in [-0.4, -0.2) is 42.0 Å². The number of fused-ring (bicyclic) bond motifs is 2. The van der Waals surface area contributed by atoms with Crippen molar-refractivity contribution in [1.29, 1.82) is 0 Å². The van der Waals surface area contributed by atoms with E-state index >= 15 is 0 Å². The van der Waals surface area contributed by atoms with Crippen molar-refractivity contribution in [2.45, 2.75) is 45.1 Å². The Balaban J connectivity index is 1.26. The van der Waals surface area contributed by atoms with E-state index in [0.29, 0.717) is 16.4 Å². The van der Waals surface area contributed by atoms with Gasteiger partial charge in [-0.1, -0.05) is 6.42 Å². The largest absolute Gasteiger partial charge is 0.490 e. The molecule has 1 aromatic carbocycles. The number of benzene rings is 1. The molecule has 0 amide bonds. The van der Waals surface area contributed by atoms with E-state index in [2.05, 4.69) is 61.0 Å². The Hall–Kier alpha value is -3.64. The molecule has 5 heterocycles. The van der Waals surface area contributed by atoms with Gasteiger partial charge in [0.1, 0.15) is 16.8 Å². The lowest BCUT2D eigenvalue weighted by Gasteiger charge is -2.23. The molecule has 1 saturated carbocycles. The number of pyridine rings is 2. The van der Waals surface area contributed by atoms with Crippen LogP contribution in [0.2, 0.25) is 0 Å². The average molecular weight is 661 g/mol. The fourth-order valence-corrected chi connectivity index (χ4v) is 6.83. The van der Waals surface area contributed by atoms with Gasteiger partial charge >= 0.3 is 0 Å². The number of halogens is 1. The van der Waals surface area contributed by atoms with Crippen molar-refractivity contribution < 1.29 is 9.53 Å². The molecular weight excluding hydrogens is 635 g/mol. The van der Waals surface area contributed by atoms with Crippen molar-refractivity contribution in [2.75, 3.05) is 0 Å². The Morgan fingerprint density at radius 1 is 1.00 bits per heavy atom. The van der Waals surface area contributed by atoms with Gasteiger partial charge in [0.15, 0.2) is 17.3 Å². The summed E-state index contributed by atoms with van der Waals surface area (Å²) in [5.74, 6) is 1.54. The van der Waals surface area contributed by atoms with Crippen LogP contribution in [0.25, 0.3) is 55.3 Å². The number of Topliss-reactive ketones (excluding diaryl/α,β-unsaturated/α-hetero) is 1. The summed E-state index contributed by atoms with van der Waals surface area (Å²) in [5, 5.41) is 7.67. The number of thiophene rings is 1. The lowest BCUT2D eigenvalue weighted by Crippen LogP contribution is -2.19. The molecule has 0 unspecified atom stereocenters. The lowest BCUT2D eigenvalue weighted by atomic mass is 9.98. The summed E-state index contributed by atoms with van der Waals surface area (Å²) in [6.07, 6.45) is 9.81. The standard InChI is InChI=1S/C30H25IN6O2S/c1-16(38)25-9-10-26(40-25)21-14-32-15-24-27(21)35-30(34-24)29-28-23(36-37-29)8-7-22(33-28)17-11-18(31)13-20(12-17)39-19-5-3-2-4-6-19/h7-15,19H,2-6H2,1H3,(H,34,35)(H,36,37). The van der Waals surface area contributed by atoms with Gasteiger partial charge in [-0.3, -0.25) is 14.9 Å². The maximum Gasteiger partial charge on any atom is 0.169 e. The molecule has 2 N–H and O–H groups in total. The number of carbonyl (C=O) groups is 1. The van der Waals surface area contributed by atoms with E-state index in [1.165, 1.54) is 30.6 Å². The third-order valence-electron chi connectivity index (χ3n) is 7.27. The van der Waals surface area contributed by atoms with Gasteiger partial charge in [-0.2, -0.15) is 5.10 Å². The molecule has 10 heteroatoms. The summed E-state index contributed by atoms with van der Waals surface area (Å²) in [4.78, 5) is 31.2. The van der Waals surface area contributed by atoms with Crippen molar-refractivity contribution >= 4 is 61.8 Å². The van der Waals surface area contributed by atoms with Gasteiger partial charge in [0, 0.05) is 25.8 Å². The van der Waals surface area contributed by atoms with Crippen molar-refractivity contribution in [3.05, 3.63) is 63.3 Å². The lowest BCUT2D eigenvalue weighted by molar-refractivity contribution is 0.102. The third kappa shape index (κ3) is 4.79. The van der Waals surface area contributed by atoms with Gasteiger partial charge in [0.05, 0.1) is 33.9 Å². The number of H-pyrrole nitrogens is 2. The van der Waals surface area contributed by atoms with E-state index < -0.39 is 0 Å². The second-order valence-corrected chi connectivity index (χ2v) is 12.4. The molecular formula is C30H25IN6O2S. The summed E-state index contributed by atoms with van der Waals surface area (Å²) in [7, 11) is 0. The predicted molar refractivity (Wildman–Crippen MR) is 166 cm³/mol. The Labute approximate surface area is 247 Å². The van der Waals surface area contributed by atoms with Crippen LogP contribution in [0.4, 0.5) is 0 Å². The molecule has 40 heavy (non-hydrogen) atoms. The van der Waals surface area contributed by atoms with Crippen LogP contribution >= 0.6 is 33.9 Å². The predicted octanol–water partition coefficient (Wildman–Crippen LogP) is 7.81. The molecule has 1 fully saturated rings. The number of nitrogens with one attached hydrogen (secondary N) is 2. The maximum atomic E-state index is 11.8. The number of hydrogen-bond acceptors (Lipinski definition) is 7. The van der Waals surface area contributed by atoms with Gasteiger partial charge in [0.25, 0.3) is 0 Å². The molecule has 7 rings (SSSR count). The van der Waals surface area contributed by atoms with E-state index in [1.54, 1.807) is 19.3 Å². The normalized spacial score (nSPS) is 14.2. The number of aromatic nitrogens is 6. The van der Waals surface area contributed by atoms with Gasteiger partial charge in [0.2, 0.25) is 0 Å². The monoisotopic (exact) mass is 660 g/mol. The van der Waals surface area contributed by atoms with Crippen LogP contribution in [0.15, 0.2) is 54.9 Å². The summed E-state index contributed by atoms with van der Waals surface area (Å²) >= 11 is 3.78. The summed E-state index contributed by atoms with van der Waals surface area (Å²) < 4.78 is 7.48. The highest BCUT2D eigenvalue weighted by Crippen LogP contribution is 2.35. The molecule has 8 nitrogen and oxygen atoms in total. The zero-order chi connectivity index (χ0) is 27.2. The van der Waals surface area contributed by atoms with Crippen LogP contribution in [0.5, 0.6) is 5.75 Å². The molecule has 5 aromatic heterocycles. The summed E-state index contributed by atoms with van der Waals surface area (Å²) in [6, 6.07) is 14.1.